The molecule has 9 heteroatoms. The maximum absolute atomic E-state index is 12.6. The van der Waals surface area contributed by atoms with Gasteiger partial charge < -0.3 is 10.1 Å². The van der Waals surface area contributed by atoms with E-state index in [2.05, 4.69) is 5.32 Å². The summed E-state index contributed by atoms with van der Waals surface area (Å²) in [7, 11) is -3.53. The van der Waals surface area contributed by atoms with E-state index < -0.39 is 10.0 Å². The van der Waals surface area contributed by atoms with Crippen molar-refractivity contribution in [2.75, 3.05) is 30.3 Å². The Morgan fingerprint density at radius 2 is 1.68 bits per heavy atom. The van der Waals surface area contributed by atoms with Crippen LogP contribution < -0.4 is 14.4 Å². The number of hydrogen-bond donors (Lipinski definition) is 1. The molecule has 34 heavy (non-hydrogen) atoms. The van der Waals surface area contributed by atoms with Crippen LogP contribution in [0.5, 0.6) is 5.75 Å². The lowest BCUT2D eigenvalue weighted by Crippen LogP contribution is -2.33. The van der Waals surface area contributed by atoms with Crippen molar-refractivity contribution < 1.29 is 17.9 Å². The predicted octanol–water partition coefficient (Wildman–Crippen LogP) is 5.23. The third-order valence-electron chi connectivity index (χ3n) is 4.79. The molecular weight excluding hydrogens is 492 g/mol. The molecule has 6 nitrogen and oxygen atoms in total. The highest BCUT2D eigenvalue weighted by molar-refractivity contribution is 7.99. The number of halogens is 1. The Morgan fingerprint density at radius 1 is 1.00 bits per heavy atom. The van der Waals surface area contributed by atoms with Gasteiger partial charge in [0.1, 0.15) is 12.4 Å². The molecule has 3 aromatic carbocycles. The smallest absolute Gasteiger partial charge is 0.232 e. The minimum absolute atomic E-state index is 0.164. The number of hydrogen-bond acceptors (Lipinski definition) is 5. The average Bonchev–Trinajstić information content (AvgIpc) is 2.81. The second-order valence-electron chi connectivity index (χ2n) is 7.45. The fraction of sp³-hybridized carbons (Fsp3) is 0.240. The van der Waals surface area contributed by atoms with Crippen molar-refractivity contribution in [3.63, 3.8) is 0 Å². The zero-order valence-electron chi connectivity index (χ0n) is 18.8. The van der Waals surface area contributed by atoms with Crippen LogP contribution in [0.3, 0.4) is 0 Å². The molecule has 0 heterocycles. The van der Waals surface area contributed by atoms with Gasteiger partial charge in [0.05, 0.1) is 23.5 Å². The standard InChI is InChI=1S/C25H27ClN2O4S2/c1-34(30,31)28(22-13-6-8-15-24(22)33-20-10-3-2-4-11-20)18-9-16-25(29)27-17-19-32-23-14-7-5-12-21(23)26/h2-8,10-15H,9,16-19H2,1H3,(H,27,29). The second-order valence-corrected chi connectivity index (χ2v) is 10.9. The minimum Gasteiger partial charge on any atom is -0.490 e. The van der Waals surface area contributed by atoms with Crippen molar-refractivity contribution in [3.8, 4) is 5.75 Å². The van der Waals surface area contributed by atoms with E-state index in [9.17, 15) is 13.2 Å². The molecule has 0 aliphatic heterocycles. The van der Waals surface area contributed by atoms with Crippen LogP contribution in [0.15, 0.2) is 88.7 Å². The Balaban J connectivity index is 1.53. The molecule has 0 saturated heterocycles. The number of benzene rings is 3. The van der Waals surface area contributed by atoms with Crippen LogP contribution in [0.4, 0.5) is 5.69 Å². The first-order valence-corrected chi connectivity index (χ1v) is 13.8. The summed E-state index contributed by atoms with van der Waals surface area (Å²) in [5, 5.41) is 3.30. The summed E-state index contributed by atoms with van der Waals surface area (Å²) in [5.41, 5.74) is 0.604. The van der Waals surface area contributed by atoms with Crippen molar-refractivity contribution in [3.05, 3.63) is 83.9 Å². The van der Waals surface area contributed by atoms with E-state index in [0.717, 1.165) is 9.79 Å². The number of para-hydroxylation sites is 2. The molecule has 0 aliphatic rings. The number of nitrogens with one attached hydrogen (secondary N) is 1. The van der Waals surface area contributed by atoms with Gasteiger partial charge in [-0.1, -0.05) is 65.8 Å². The Morgan fingerprint density at radius 3 is 2.41 bits per heavy atom. The molecule has 0 atom stereocenters. The zero-order valence-corrected chi connectivity index (χ0v) is 21.2. The minimum atomic E-state index is -3.53. The van der Waals surface area contributed by atoms with Gasteiger partial charge in [0.2, 0.25) is 15.9 Å². The quantitative estimate of drug-likeness (QED) is 0.332. The maximum Gasteiger partial charge on any atom is 0.232 e. The molecular formula is C25H27ClN2O4S2. The van der Waals surface area contributed by atoms with Crippen LogP contribution in [-0.2, 0) is 14.8 Å². The molecule has 0 aromatic heterocycles. The van der Waals surface area contributed by atoms with E-state index in [0.29, 0.717) is 29.4 Å². The van der Waals surface area contributed by atoms with E-state index in [4.69, 9.17) is 16.3 Å². The first kappa shape index (κ1) is 25.9. The number of carbonyl (C=O) groups excluding carboxylic acids is 1. The number of carbonyl (C=O) groups is 1. The SMILES string of the molecule is CS(=O)(=O)N(CCCC(=O)NCCOc1ccccc1Cl)c1ccccc1Sc1ccccc1. The molecule has 1 N–H and O–H groups in total. The molecule has 180 valence electrons. The summed E-state index contributed by atoms with van der Waals surface area (Å²) >= 11 is 7.54. The molecule has 0 radical (unpaired) electrons. The Kier molecular flexibility index (Phi) is 9.68. The lowest BCUT2D eigenvalue weighted by atomic mass is 10.2. The molecule has 0 unspecified atom stereocenters. The third kappa shape index (κ3) is 7.97. The van der Waals surface area contributed by atoms with Gasteiger partial charge in [-0.05, 0) is 42.8 Å². The van der Waals surface area contributed by atoms with Gasteiger partial charge in [0.15, 0.2) is 0 Å². The number of rotatable bonds is 12. The fourth-order valence-corrected chi connectivity index (χ4v) is 5.42. The Hall–Kier alpha value is -2.68. The number of ether oxygens (including phenoxy) is 1. The van der Waals surface area contributed by atoms with E-state index in [1.165, 1.54) is 22.3 Å². The Bertz CT molecular complexity index is 1190. The summed E-state index contributed by atoms with van der Waals surface area (Å²) in [6.07, 6.45) is 1.77. The van der Waals surface area contributed by atoms with Crippen LogP contribution in [0.2, 0.25) is 5.02 Å². The van der Waals surface area contributed by atoms with Crippen molar-refractivity contribution in [2.45, 2.75) is 22.6 Å². The Labute approximate surface area is 210 Å². The summed E-state index contributed by atoms with van der Waals surface area (Å²) < 4.78 is 32.1. The lowest BCUT2D eigenvalue weighted by molar-refractivity contribution is -0.121. The molecule has 3 aromatic rings. The van der Waals surface area contributed by atoms with E-state index in [1.54, 1.807) is 18.2 Å². The van der Waals surface area contributed by atoms with Gasteiger partial charge in [-0.3, -0.25) is 9.10 Å². The molecule has 0 aliphatic carbocycles. The summed E-state index contributed by atoms with van der Waals surface area (Å²) in [6, 6.07) is 24.3. The normalized spacial score (nSPS) is 11.1. The highest BCUT2D eigenvalue weighted by Crippen LogP contribution is 2.36. The number of nitrogens with zero attached hydrogens (tertiary/aromatic N) is 1. The van der Waals surface area contributed by atoms with E-state index >= 15 is 0 Å². The van der Waals surface area contributed by atoms with Crippen LogP contribution >= 0.6 is 23.4 Å². The molecule has 0 saturated carbocycles. The van der Waals surface area contributed by atoms with Gasteiger partial charge in [-0.2, -0.15) is 0 Å². The average molecular weight is 519 g/mol. The fourth-order valence-electron chi connectivity index (χ4n) is 3.21. The monoisotopic (exact) mass is 518 g/mol. The highest BCUT2D eigenvalue weighted by atomic mass is 35.5. The van der Waals surface area contributed by atoms with Gasteiger partial charge in [-0.15, -0.1) is 0 Å². The molecule has 0 fully saturated rings. The van der Waals surface area contributed by atoms with Crippen molar-refractivity contribution >= 4 is 45.0 Å². The lowest BCUT2D eigenvalue weighted by Gasteiger charge is -2.24. The predicted molar refractivity (Wildman–Crippen MR) is 138 cm³/mol. The van der Waals surface area contributed by atoms with Crippen LogP contribution in [0.1, 0.15) is 12.8 Å². The molecule has 3 rings (SSSR count). The topological polar surface area (TPSA) is 75.7 Å². The first-order chi connectivity index (χ1) is 16.3. The molecule has 0 spiro atoms. The number of sulfonamides is 1. The highest BCUT2D eigenvalue weighted by Gasteiger charge is 2.21. The van der Waals surface area contributed by atoms with Gasteiger partial charge in [0, 0.05) is 22.8 Å². The second kappa shape index (κ2) is 12.7. The van der Waals surface area contributed by atoms with Crippen molar-refractivity contribution in [2.24, 2.45) is 0 Å². The van der Waals surface area contributed by atoms with Crippen molar-refractivity contribution in [1.82, 2.24) is 5.32 Å². The first-order valence-electron chi connectivity index (χ1n) is 10.8. The summed E-state index contributed by atoms with van der Waals surface area (Å²) in [5.74, 6) is 0.400. The van der Waals surface area contributed by atoms with Gasteiger partial charge >= 0.3 is 0 Å². The summed E-state index contributed by atoms with van der Waals surface area (Å²) in [4.78, 5) is 14.1. The zero-order chi connectivity index (χ0) is 24.4. The van der Waals surface area contributed by atoms with E-state index in [1.807, 2.05) is 60.7 Å². The van der Waals surface area contributed by atoms with Gasteiger partial charge in [0.25, 0.3) is 0 Å². The summed E-state index contributed by atoms with van der Waals surface area (Å²) in [6.45, 7) is 0.820. The number of amides is 1. The van der Waals surface area contributed by atoms with E-state index in [-0.39, 0.29) is 25.5 Å². The van der Waals surface area contributed by atoms with Gasteiger partial charge in [-0.25, -0.2) is 8.42 Å². The molecule has 1 amide bonds. The third-order valence-corrected chi connectivity index (χ3v) is 7.35. The van der Waals surface area contributed by atoms with Crippen LogP contribution in [-0.4, -0.2) is 40.3 Å². The largest absolute Gasteiger partial charge is 0.490 e. The van der Waals surface area contributed by atoms with Crippen LogP contribution in [0, 0.1) is 0 Å². The maximum atomic E-state index is 12.6. The number of anilines is 1. The molecule has 0 bridgehead atoms. The van der Waals surface area contributed by atoms with Crippen LogP contribution in [0.25, 0.3) is 0 Å². The van der Waals surface area contributed by atoms with Crippen molar-refractivity contribution in [1.29, 1.82) is 0 Å².